The third-order valence-electron chi connectivity index (χ3n) is 3.97. The zero-order valence-corrected chi connectivity index (χ0v) is 16.2. The molecule has 1 aliphatic rings. The second-order valence-corrected chi connectivity index (χ2v) is 7.05. The van der Waals surface area contributed by atoms with Crippen molar-refractivity contribution in [3.8, 4) is 11.5 Å². The molecule has 0 spiro atoms. The number of carbonyl (C=O) groups is 1. The molecule has 3 N–H and O–H groups in total. The van der Waals surface area contributed by atoms with Gasteiger partial charge in [0.1, 0.15) is 16.4 Å². The molecule has 1 aliphatic heterocycles. The Kier molecular flexibility index (Phi) is 5.75. The molecule has 7 heteroatoms. The number of phenols is 2. The van der Waals surface area contributed by atoms with Crippen molar-refractivity contribution in [2.24, 2.45) is 4.99 Å². The molecule has 0 unspecified atom stereocenters. The smallest absolute Gasteiger partial charge is 0.344 e. The van der Waals surface area contributed by atoms with Gasteiger partial charge in [0, 0.05) is 5.56 Å². The predicted octanol–water partition coefficient (Wildman–Crippen LogP) is 4.60. The minimum absolute atomic E-state index is 0.0293. The van der Waals surface area contributed by atoms with Crippen molar-refractivity contribution in [2.75, 3.05) is 6.61 Å². The molecule has 0 aromatic heterocycles. The topological polar surface area (TPSA) is 99.4 Å². The van der Waals surface area contributed by atoms with Gasteiger partial charge in [0.25, 0.3) is 0 Å². The fraction of sp³-hybridized carbons (Fsp3) is 0.143. The van der Waals surface area contributed by atoms with E-state index in [4.69, 9.17) is 4.74 Å². The minimum Gasteiger partial charge on any atom is -0.506 e. The minimum atomic E-state index is -0.679. The van der Waals surface area contributed by atoms with Crippen molar-refractivity contribution in [3.63, 3.8) is 0 Å². The van der Waals surface area contributed by atoms with Crippen molar-refractivity contribution < 1.29 is 24.9 Å². The van der Waals surface area contributed by atoms with E-state index < -0.39 is 5.97 Å². The summed E-state index contributed by atoms with van der Waals surface area (Å²) in [6, 6.07) is 11.9. The summed E-state index contributed by atoms with van der Waals surface area (Å²) in [7, 11) is 0. The van der Waals surface area contributed by atoms with Crippen molar-refractivity contribution in [3.05, 3.63) is 69.8 Å². The van der Waals surface area contributed by atoms with Gasteiger partial charge < -0.3 is 20.1 Å². The zero-order chi connectivity index (χ0) is 20.3. The Hall–Kier alpha value is -3.19. The number of thioether (sulfide) groups is 1. The number of benzene rings is 2. The number of aliphatic hydroxyl groups is 1. The molecule has 2 aromatic rings. The number of ether oxygens (including phenoxy) is 1. The lowest BCUT2D eigenvalue weighted by atomic mass is 10.1. The van der Waals surface area contributed by atoms with Crippen LogP contribution in [0.5, 0.6) is 11.5 Å². The van der Waals surface area contributed by atoms with Crippen LogP contribution >= 0.6 is 11.8 Å². The molecule has 0 atom stereocenters. The fourth-order valence-electron chi connectivity index (χ4n) is 2.53. The van der Waals surface area contributed by atoms with E-state index in [1.807, 2.05) is 31.2 Å². The van der Waals surface area contributed by atoms with E-state index in [1.165, 1.54) is 12.1 Å². The van der Waals surface area contributed by atoms with E-state index in [-0.39, 0.29) is 29.4 Å². The Bertz CT molecular complexity index is 1010. The molecule has 0 radical (unpaired) electrons. The molecule has 28 heavy (non-hydrogen) atoms. The Labute approximate surface area is 166 Å². The van der Waals surface area contributed by atoms with Crippen LogP contribution in [-0.2, 0) is 9.53 Å². The summed E-state index contributed by atoms with van der Waals surface area (Å²) < 4.78 is 5.06. The zero-order valence-electron chi connectivity index (χ0n) is 15.3. The maximum absolute atomic E-state index is 12.4. The average molecular weight is 397 g/mol. The van der Waals surface area contributed by atoms with Gasteiger partial charge in [0.05, 0.1) is 17.2 Å². The van der Waals surface area contributed by atoms with Gasteiger partial charge in [0.2, 0.25) is 0 Å². The highest BCUT2D eigenvalue weighted by Crippen LogP contribution is 2.41. The molecule has 2 aromatic carbocycles. The fourth-order valence-corrected chi connectivity index (χ4v) is 3.56. The third kappa shape index (κ3) is 4.04. The first-order valence-corrected chi connectivity index (χ1v) is 9.39. The molecule has 0 fully saturated rings. The Balaban J connectivity index is 2.07. The largest absolute Gasteiger partial charge is 0.506 e. The highest BCUT2D eigenvalue weighted by Gasteiger charge is 2.33. The number of para-hydroxylation sites is 1. The van der Waals surface area contributed by atoms with E-state index in [9.17, 15) is 20.1 Å². The van der Waals surface area contributed by atoms with Crippen molar-refractivity contribution in [1.82, 2.24) is 0 Å². The molecule has 144 valence electrons. The maximum atomic E-state index is 12.4. The number of rotatable bonds is 4. The molecule has 0 saturated carbocycles. The van der Waals surface area contributed by atoms with Crippen molar-refractivity contribution in [2.45, 2.75) is 13.8 Å². The number of aryl methyl sites for hydroxylation is 1. The standard InChI is InChI=1S/C21H19NO5S/c1-3-27-21(26)17-19(25)16(11-13-5-4-6-15(23)18(13)24)28-20(17)22-14-9-7-12(2)8-10-14/h4-11,23-25H,3H2,1-2H3. The molecule has 3 rings (SSSR count). The van der Waals surface area contributed by atoms with Crippen LogP contribution in [0, 0.1) is 6.92 Å². The van der Waals surface area contributed by atoms with Crippen LogP contribution in [0.4, 0.5) is 5.69 Å². The van der Waals surface area contributed by atoms with Crippen molar-refractivity contribution >= 4 is 34.5 Å². The number of hydrogen-bond acceptors (Lipinski definition) is 7. The van der Waals surface area contributed by atoms with Gasteiger partial charge in [-0.05, 0) is 38.1 Å². The number of aliphatic hydroxyl groups excluding tert-OH is 1. The number of aromatic hydroxyl groups is 2. The Morgan fingerprint density at radius 2 is 1.86 bits per heavy atom. The first kappa shape index (κ1) is 19.6. The summed E-state index contributed by atoms with van der Waals surface area (Å²) in [5.74, 6) is -1.55. The maximum Gasteiger partial charge on any atom is 0.344 e. The average Bonchev–Trinajstić information content (AvgIpc) is 2.96. The summed E-state index contributed by atoms with van der Waals surface area (Å²) in [6.07, 6.45) is 1.48. The molecular formula is C21H19NO5S. The number of nitrogens with zero attached hydrogens (tertiary/aromatic N) is 1. The molecule has 1 heterocycles. The lowest BCUT2D eigenvalue weighted by molar-refractivity contribution is -0.138. The summed E-state index contributed by atoms with van der Waals surface area (Å²) in [5.41, 5.74) is 1.98. The highest BCUT2D eigenvalue weighted by atomic mass is 32.2. The Morgan fingerprint density at radius 3 is 2.54 bits per heavy atom. The normalized spacial score (nSPS) is 16.8. The molecule has 0 aliphatic carbocycles. The van der Waals surface area contributed by atoms with Crippen molar-refractivity contribution in [1.29, 1.82) is 0 Å². The van der Waals surface area contributed by atoms with Crippen LogP contribution in [0.3, 0.4) is 0 Å². The molecule has 6 nitrogen and oxygen atoms in total. The second kappa shape index (κ2) is 8.22. The molecular weight excluding hydrogens is 378 g/mol. The van der Waals surface area contributed by atoms with Crippen LogP contribution in [0.2, 0.25) is 0 Å². The van der Waals surface area contributed by atoms with E-state index in [0.717, 1.165) is 17.3 Å². The Morgan fingerprint density at radius 1 is 1.14 bits per heavy atom. The van der Waals surface area contributed by atoms with Gasteiger partial charge in [0.15, 0.2) is 11.5 Å². The summed E-state index contributed by atoms with van der Waals surface area (Å²) in [4.78, 5) is 17.2. The van der Waals surface area contributed by atoms with Gasteiger partial charge in [-0.1, -0.05) is 41.6 Å². The van der Waals surface area contributed by atoms with Gasteiger partial charge in [-0.2, -0.15) is 0 Å². The number of hydrogen-bond donors (Lipinski definition) is 3. The van der Waals surface area contributed by atoms with E-state index >= 15 is 0 Å². The van der Waals surface area contributed by atoms with Crippen LogP contribution < -0.4 is 0 Å². The third-order valence-corrected chi connectivity index (χ3v) is 4.99. The predicted molar refractivity (Wildman–Crippen MR) is 110 cm³/mol. The quantitative estimate of drug-likeness (QED) is 0.515. The van der Waals surface area contributed by atoms with Gasteiger partial charge in [-0.15, -0.1) is 0 Å². The highest BCUT2D eigenvalue weighted by molar-refractivity contribution is 8.18. The monoisotopic (exact) mass is 397 g/mol. The van der Waals surface area contributed by atoms with Gasteiger partial charge in [-0.25, -0.2) is 9.79 Å². The lowest BCUT2D eigenvalue weighted by Crippen LogP contribution is -2.12. The summed E-state index contributed by atoms with van der Waals surface area (Å²) in [6.45, 7) is 3.79. The van der Waals surface area contributed by atoms with E-state index in [2.05, 4.69) is 4.99 Å². The SMILES string of the molecule is CCOC(=O)C1=C(O)C(=Cc2cccc(O)c2O)SC1=Nc1ccc(C)cc1. The lowest BCUT2D eigenvalue weighted by Gasteiger charge is -2.04. The van der Waals surface area contributed by atoms with Gasteiger partial charge in [-0.3, -0.25) is 0 Å². The van der Waals surface area contributed by atoms with Crippen LogP contribution in [-0.4, -0.2) is 32.9 Å². The van der Waals surface area contributed by atoms with E-state index in [1.54, 1.807) is 19.1 Å². The summed E-state index contributed by atoms with van der Waals surface area (Å²) in [5, 5.41) is 30.6. The van der Waals surface area contributed by atoms with E-state index in [0.29, 0.717) is 21.2 Å². The van der Waals surface area contributed by atoms with Crippen LogP contribution in [0.15, 0.2) is 63.7 Å². The summed E-state index contributed by atoms with van der Waals surface area (Å²) >= 11 is 1.08. The van der Waals surface area contributed by atoms with Gasteiger partial charge >= 0.3 is 5.97 Å². The molecule has 0 bridgehead atoms. The number of carbonyl (C=O) groups excluding carboxylic acids is 1. The molecule has 0 saturated heterocycles. The first-order chi connectivity index (χ1) is 13.4. The molecule has 0 amide bonds. The number of aliphatic imine (C=N–C) groups is 1. The second-order valence-electron chi connectivity index (χ2n) is 6.02. The number of phenolic OH excluding ortho intramolecular Hbond substituents is 2. The van der Waals surface area contributed by atoms with Crippen LogP contribution in [0.25, 0.3) is 6.08 Å². The number of esters is 1. The first-order valence-electron chi connectivity index (χ1n) is 8.57. The van der Waals surface area contributed by atoms with Crippen LogP contribution in [0.1, 0.15) is 18.1 Å².